The van der Waals surface area contributed by atoms with Crippen molar-refractivity contribution in [2.75, 3.05) is 44.7 Å². The lowest BCUT2D eigenvalue weighted by atomic mass is 9.71. The highest BCUT2D eigenvalue weighted by molar-refractivity contribution is 5.87. The maximum Gasteiger partial charge on any atom is 0.321 e. The Bertz CT molecular complexity index is 1360. The molecule has 0 radical (unpaired) electrons. The highest BCUT2D eigenvalue weighted by atomic mass is 16.5. The van der Waals surface area contributed by atoms with Gasteiger partial charge in [-0.15, -0.1) is 0 Å². The topological polar surface area (TPSA) is 94.8 Å². The molecule has 216 valence electrons. The molecule has 0 saturated carbocycles. The van der Waals surface area contributed by atoms with Gasteiger partial charge in [0.05, 0.1) is 24.1 Å². The molecule has 9 heteroatoms. The molecule has 4 aliphatic rings. The summed E-state index contributed by atoms with van der Waals surface area (Å²) in [5.41, 5.74) is 3.20. The monoisotopic (exact) mass is 556 g/mol. The van der Waals surface area contributed by atoms with Gasteiger partial charge in [-0.25, -0.2) is 0 Å². The molecule has 1 amide bonds. The van der Waals surface area contributed by atoms with E-state index in [4.69, 9.17) is 19.4 Å². The number of benzene rings is 1. The zero-order valence-electron chi connectivity index (χ0n) is 24.2. The summed E-state index contributed by atoms with van der Waals surface area (Å²) >= 11 is 0. The average molecular weight is 557 g/mol. The molecule has 4 atom stereocenters. The van der Waals surface area contributed by atoms with E-state index in [-0.39, 0.29) is 18.4 Å². The Labute approximate surface area is 242 Å². The van der Waals surface area contributed by atoms with Crippen molar-refractivity contribution in [3.63, 3.8) is 0 Å². The molecular weight excluding hydrogens is 516 g/mol. The van der Waals surface area contributed by atoms with E-state index in [1.165, 1.54) is 17.2 Å². The van der Waals surface area contributed by atoms with E-state index in [0.717, 1.165) is 56.5 Å². The van der Waals surface area contributed by atoms with Crippen LogP contribution >= 0.6 is 0 Å². The maximum absolute atomic E-state index is 12.5. The average Bonchev–Trinajstić information content (AvgIpc) is 3.41. The summed E-state index contributed by atoms with van der Waals surface area (Å²) in [5.74, 6) is 1.75. The minimum Gasteiger partial charge on any atom is -0.466 e. The Morgan fingerprint density at radius 1 is 1.22 bits per heavy atom. The van der Waals surface area contributed by atoms with Crippen LogP contribution in [0, 0.1) is 11.3 Å². The molecule has 41 heavy (non-hydrogen) atoms. The van der Waals surface area contributed by atoms with Crippen LogP contribution < -0.4 is 14.4 Å². The second-order valence-corrected chi connectivity index (χ2v) is 12.0. The van der Waals surface area contributed by atoms with Gasteiger partial charge in [-0.2, -0.15) is 15.2 Å². The summed E-state index contributed by atoms with van der Waals surface area (Å²) < 4.78 is 13.2. The number of hydrogen-bond donors (Lipinski definition) is 0. The van der Waals surface area contributed by atoms with E-state index in [0.29, 0.717) is 50.1 Å². The fourth-order valence-electron chi connectivity index (χ4n) is 7.17. The molecule has 9 nitrogen and oxygen atoms in total. The molecule has 2 saturated heterocycles. The smallest absolute Gasteiger partial charge is 0.321 e. The molecule has 0 N–H and O–H groups in total. The highest BCUT2D eigenvalue weighted by Gasteiger charge is 2.45. The van der Waals surface area contributed by atoms with Crippen LogP contribution in [0.5, 0.6) is 11.9 Å². The van der Waals surface area contributed by atoms with Crippen LogP contribution in [-0.4, -0.2) is 77.6 Å². The molecule has 1 aliphatic carbocycles. The molecule has 3 aliphatic heterocycles. The minimum absolute atomic E-state index is 0.144. The minimum atomic E-state index is -0.414. The van der Waals surface area contributed by atoms with Gasteiger partial charge in [0.2, 0.25) is 11.8 Å². The van der Waals surface area contributed by atoms with Crippen molar-refractivity contribution < 1.29 is 14.3 Å². The van der Waals surface area contributed by atoms with Crippen molar-refractivity contribution in [1.29, 1.82) is 5.26 Å². The number of amides is 1. The number of anilines is 1. The van der Waals surface area contributed by atoms with Crippen LogP contribution in [0.3, 0.4) is 0 Å². The van der Waals surface area contributed by atoms with Gasteiger partial charge in [0.1, 0.15) is 18.0 Å². The van der Waals surface area contributed by atoms with E-state index in [2.05, 4.69) is 60.7 Å². The van der Waals surface area contributed by atoms with Crippen LogP contribution in [0.2, 0.25) is 0 Å². The summed E-state index contributed by atoms with van der Waals surface area (Å²) in [6.45, 7) is 9.15. The van der Waals surface area contributed by atoms with Gasteiger partial charge in [-0.1, -0.05) is 37.8 Å². The second-order valence-electron chi connectivity index (χ2n) is 12.0. The Morgan fingerprint density at radius 2 is 2.07 bits per heavy atom. The van der Waals surface area contributed by atoms with Gasteiger partial charge in [0, 0.05) is 25.7 Å². The standard InChI is InChI=1S/C32H40N6O3/c1-4-28(39)38-19-18-37(20-23(38)13-16-33)29-26-12-15-32(14-11-22(2)25-9-5-6-10-27(25)32)41-30(26)35-31(34-29)40-21-24-8-7-17-36(24)3/h4-6,9-10,22-24H,1,7-8,11-15,17-21H2,2-3H3/t22?,23-,24-,32?/m0/s1. The molecule has 2 unspecified atom stereocenters. The first-order valence-corrected chi connectivity index (χ1v) is 15.0. The molecule has 4 heterocycles. The van der Waals surface area contributed by atoms with Crippen molar-refractivity contribution >= 4 is 11.7 Å². The number of nitriles is 1. The number of carbonyl (C=O) groups is 1. The Morgan fingerprint density at radius 3 is 2.85 bits per heavy atom. The maximum atomic E-state index is 12.5. The zero-order chi connectivity index (χ0) is 28.6. The summed E-state index contributed by atoms with van der Waals surface area (Å²) in [6, 6.07) is 11.4. The summed E-state index contributed by atoms with van der Waals surface area (Å²) in [5, 5.41) is 9.52. The highest BCUT2D eigenvalue weighted by Crippen LogP contribution is 2.50. The van der Waals surface area contributed by atoms with Crippen molar-refractivity contribution in [1.82, 2.24) is 19.8 Å². The van der Waals surface area contributed by atoms with Crippen LogP contribution in [0.25, 0.3) is 0 Å². The summed E-state index contributed by atoms with van der Waals surface area (Å²) in [6.07, 6.45) is 7.48. The fraction of sp³-hybridized carbons (Fsp3) is 0.562. The van der Waals surface area contributed by atoms with Gasteiger partial charge < -0.3 is 24.2 Å². The van der Waals surface area contributed by atoms with Crippen LogP contribution in [0.4, 0.5) is 5.82 Å². The van der Waals surface area contributed by atoms with Gasteiger partial charge in [-0.3, -0.25) is 4.79 Å². The van der Waals surface area contributed by atoms with Gasteiger partial charge in [0.25, 0.3) is 0 Å². The van der Waals surface area contributed by atoms with Gasteiger partial charge >= 0.3 is 6.01 Å². The first-order chi connectivity index (χ1) is 19.9. The van der Waals surface area contributed by atoms with E-state index in [9.17, 15) is 10.1 Å². The number of likely N-dealkylation sites (N-methyl/N-ethyl adjacent to an activating group) is 1. The summed E-state index contributed by atoms with van der Waals surface area (Å²) in [4.78, 5) is 28.6. The molecule has 1 aromatic carbocycles. The third kappa shape index (κ3) is 5.14. The van der Waals surface area contributed by atoms with Crippen molar-refractivity contribution in [2.45, 2.75) is 75.5 Å². The number of aromatic nitrogens is 2. The number of carbonyl (C=O) groups excluding carboxylic acids is 1. The zero-order valence-corrected chi connectivity index (χ0v) is 24.2. The third-order valence-corrected chi connectivity index (χ3v) is 9.60. The lowest BCUT2D eigenvalue weighted by molar-refractivity contribution is -0.128. The second kappa shape index (κ2) is 11.3. The van der Waals surface area contributed by atoms with Gasteiger partial charge in [-0.05, 0) is 75.2 Å². The SMILES string of the molecule is C=CC(=O)N1CCN(c2nc(OC[C@@H]3CCCN3C)nc3c2CCC2(CCC(C)c4ccccc42)O3)C[C@@H]1CC#N. The molecule has 2 fully saturated rings. The van der Waals surface area contributed by atoms with Crippen LogP contribution in [-0.2, 0) is 16.8 Å². The predicted molar refractivity (Wildman–Crippen MR) is 156 cm³/mol. The third-order valence-electron chi connectivity index (χ3n) is 9.60. The number of piperazine rings is 1. The number of ether oxygens (including phenoxy) is 2. The van der Waals surface area contributed by atoms with E-state index in [1.54, 1.807) is 4.90 Å². The normalized spacial score (nSPS) is 27.5. The molecule has 6 rings (SSSR count). The Hall–Kier alpha value is -3.64. The molecular formula is C32H40N6O3. The summed E-state index contributed by atoms with van der Waals surface area (Å²) in [7, 11) is 2.13. The number of nitrogens with zero attached hydrogens (tertiary/aromatic N) is 6. The van der Waals surface area contributed by atoms with Crippen LogP contribution in [0.1, 0.15) is 68.1 Å². The van der Waals surface area contributed by atoms with Gasteiger partial charge in [0.15, 0.2) is 0 Å². The number of hydrogen-bond acceptors (Lipinski definition) is 8. The largest absolute Gasteiger partial charge is 0.466 e. The first-order valence-electron chi connectivity index (χ1n) is 15.0. The van der Waals surface area contributed by atoms with Crippen molar-refractivity contribution in [3.8, 4) is 18.0 Å². The Balaban J connectivity index is 1.35. The van der Waals surface area contributed by atoms with E-state index >= 15 is 0 Å². The Kier molecular flexibility index (Phi) is 7.60. The number of likely N-dealkylation sites (tertiary alicyclic amines) is 1. The molecule has 1 aromatic heterocycles. The number of rotatable bonds is 6. The molecule has 1 spiro atoms. The van der Waals surface area contributed by atoms with E-state index in [1.807, 2.05) is 0 Å². The van der Waals surface area contributed by atoms with Crippen LogP contribution in [0.15, 0.2) is 36.9 Å². The first kappa shape index (κ1) is 27.5. The lowest BCUT2D eigenvalue weighted by Crippen LogP contribution is -2.55. The predicted octanol–water partition coefficient (Wildman–Crippen LogP) is 4.18. The lowest BCUT2D eigenvalue weighted by Gasteiger charge is -2.45. The molecule has 0 bridgehead atoms. The fourth-order valence-corrected chi connectivity index (χ4v) is 7.17. The molecule has 2 aromatic rings. The van der Waals surface area contributed by atoms with Crippen molar-refractivity contribution in [3.05, 3.63) is 53.6 Å². The van der Waals surface area contributed by atoms with Crippen molar-refractivity contribution in [2.24, 2.45) is 0 Å². The number of fused-ring (bicyclic) bond motifs is 3. The quantitative estimate of drug-likeness (QED) is 0.489. The van der Waals surface area contributed by atoms with E-state index < -0.39 is 5.60 Å².